The molecule has 0 bridgehead atoms. The fraction of sp³-hybridized carbons (Fsp3) is 0.231. The Morgan fingerprint density at radius 3 is 2.50 bits per heavy atom. The van der Waals surface area contributed by atoms with Crippen LogP contribution in [-0.2, 0) is 21.1 Å². The van der Waals surface area contributed by atoms with Crippen LogP contribution in [0.2, 0.25) is 4.34 Å². The van der Waals surface area contributed by atoms with E-state index in [0.717, 1.165) is 54.4 Å². The number of anilines is 1. The minimum absolute atomic E-state index is 0.0191. The number of benzene rings is 2. The number of ketones is 1. The third-order valence-corrected chi connectivity index (χ3v) is 9.73. The van der Waals surface area contributed by atoms with Crippen LogP contribution in [0.4, 0.5) is 10.1 Å². The van der Waals surface area contributed by atoms with Crippen molar-refractivity contribution in [3.05, 3.63) is 86.9 Å². The van der Waals surface area contributed by atoms with Gasteiger partial charge in [0, 0.05) is 36.8 Å². The Bertz CT molecular complexity index is 1640. The van der Waals surface area contributed by atoms with Gasteiger partial charge >= 0.3 is 0 Å². The highest BCUT2D eigenvalue weighted by molar-refractivity contribution is 7.94. The number of fused-ring (bicyclic) bond motifs is 1. The van der Waals surface area contributed by atoms with Crippen LogP contribution in [0, 0.1) is 5.82 Å². The maximum absolute atomic E-state index is 15.0. The number of aromatic nitrogens is 1. The number of carbonyl (C=O) groups excluding carboxylic acids is 1. The molecule has 0 N–H and O–H groups in total. The third kappa shape index (κ3) is 4.96. The molecule has 0 amide bonds. The zero-order valence-corrected chi connectivity index (χ0v) is 21.5. The van der Waals surface area contributed by atoms with Crippen molar-refractivity contribution in [2.24, 2.45) is 0 Å². The molecule has 186 valence electrons. The van der Waals surface area contributed by atoms with Gasteiger partial charge in [0.25, 0.3) is 5.56 Å². The van der Waals surface area contributed by atoms with Crippen molar-refractivity contribution < 1.29 is 17.6 Å². The minimum atomic E-state index is -3.81. The number of carbonyl (C=O) groups is 1. The van der Waals surface area contributed by atoms with Crippen molar-refractivity contribution in [1.29, 1.82) is 0 Å². The van der Waals surface area contributed by atoms with Crippen molar-refractivity contribution in [1.82, 2.24) is 4.57 Å². The van der Waals surface area contributed by atoms with E-state index in [1.807, 2.05) is 12.1 Å². The topological polar surface area (TPSA) is 76.5 Å². The van der Waals surface area contributed by atoms with E-state index in [9.17, 15) is 18.0 Å². The van der Waals surface area contributed by atoms with Crippen LogP contribution < -0.4 is 10.5 Å². The van der Waals surface area contributed by atoms with Crippen molar-refractivity contribution >= 4 is 55.0 Å². The first-order chi connectivity index (χ1) is 17.2. The largest absolute Gasteiger partial charge is 0.372 e. The number of Topliss-reactive ketones (excluding diaryl/α,β-unsaturated/α-hetero) is 1. The average molecular weight is 545 g/mol. The van der Waals surface area contributed by atoms with Gasteiger partial charge < -0.3 is 4.90 Å². The molecule has 2 aromatic heterocycles. The monoisotopic (exact) mass is 544 g/mol. The molecule has 1 aliphatic heterocycles. The highest BCUT2D eigenvalue weighted by atomic mass is 35.5. The van der Waals surface area contributed by atoms with Gasteiger partial charge in [-0.15, -0.1) is 11.3 Å². The molecule has 0 spiro atoms. The summed E-state index contributed by atoms with van der Waals surface area (Å²) in [5, 5.41) is 1.27. The lowest BCUT2D eigenvalue weighted by Crippen LogP contribution is -2.20. The summed E-state index contributed by atoms with van der Waals surface area (Å²) in [4.78, 5) is 27.8. The summed E-state index contributed by atoms with van der Waals surface area (Å²) in [5.74, 6) is -1.94. The van der Waals surface area contributed by atoms with Crippen LogP contribution in [0.25, 0.3) is 16.5 Å². The number of nitrogens with zero attached hydrogens (tertiary/aromatic N) is 2. The second-order valence-corrected chi connectivity index (χ2v) is 12.7. The minimum Gasteiger partial charge on any atom is -0.372 e. The Morgan fingerprint density at radius 1 is 1.03 bits per heavy atom. The summed E-state index contributed by atoms with van der Waals surface area (Å²) in [6, 6.07) is 14.4. The summed E-state index contributed by atoms with van der Waals surface area (Å²) in [6.07, 6.45) is 3.60. The van der Waals surface area contributed by atoms with E-state index in [0.29, 0.717) is 15.3 Å². The molecule has 0 radical (unpaired) electrons. The molecule has 5 rings (SSSR count). The van der Waals surface area contributed by atoms with Gasteiger partial charge in [0.1, 0.15) is 15.8 Å². The molecule has 2 aromatic carbocycles. The van der Waals surface area contributed by atoms with Gasteiger partial charge in [-0.1, -0.05) is 17.7 Å². The molecule has 1 saturated heterocycles. The quantitative estimate of drug-likeness (QED) is 0.326. The molecule has 10 heteroatoms. The maximum atomic E-state index is 15.0. The van der Waals surface area contributed by atoms with Crippen LogP contribution in [0.3, 0.4) is 0 Å². The fourth-order valence-electron chi connectivity index (χ4n) is 4.48. The van der Waals surface area contributed by atoms with Crippen molar-refractivity contribution in [2.75, 3.05) is 23.7 Å². The molecule has 6 nitrogen and oxygen atoms in total. The summed E-state index contributed by atoms with van der Waals surface area (Å²) in [6.45, 7) is 1.99. The van der Waals surface area contributed by atoms with Gasteiger partial charge in [-0.25, -0.2) is 12.8 Å². The second kappa shape index (κ2) is 9.80. The summed E-state index contributed by atoms with van der Waals surface area (Å²) >= 11 is 6.68. The number of rotatable bonds is 7. The van der Waals surface area contributed by atoms with Crippen LogP contribution in [-0.4, -0.2) is 37.6 Å². The summed E-state index contributed by atoms with van der Waals surface area (Å²) < 4.78 is 41.4. The Hall–Kier alpha value is -3.01. The molecule has 1 aliphatic rings. The number of hydrogen-bond acceptors (Lipinski definition) is 6. The lowest BCUT2D eigenvalue weighted by atomic mass is 10.1. The third-order valence-electron chi connectivity index (χ3n) is 6.24. The smallest absolute Gasteiger partial charge is 0.263 e. The molecule has 0 atom stereocenters. The van der Waals surface area contributed by atoms with Gasteiger partial charge in [0.2, 0.25) is 0 Å². The standard InChI is InChI=1S/C26H22ClFN2O4S2/c27-24-7-8-25(35-24)36(33,34)16-20(31)13-17-3-6-23(22(28)14-17)30-12-9-18-15-19(29-10-1-2-11-29)4-5-21(18)26(30)32/h3-9,12,14-15H,1-2,10-11,13,16H2. The lowest BCUT2D eigenvalue weighted by Gasteiger charge is -2.18. The highest BCUT2D eigenvalue weighted by Crippen LogP contribution is 2.27. The molecular weight excluding hydrogens is 523 g/mol. The predicted octanol–water partition coefficient (Wildman–Crippen LogP) is 5.03. The number of sulfone groups is 1. The first-order valence-electron chi connectivity index (χ1n) is 11.4. The van der Waals surface area contributed by atoms with Crippen LogP contribution >= 0.6 is 22.9 Å². The molecular formula is C26H22ClFN2O4S2. The van der Waals surface area contributed by atoms with Crippen LogP contribution in [0.1, 0.15) is 18.4 Å². The average Bonchev–Trinajstić information content (AvgIpc) is 3.52. The summed E-state index contributed by atoms with van der Waals surface area (Å²) in [7, 11) is -3.81. The molecule has 0 aliphatic carbocycles. The Balaban J connectivity index is 1.36. The maximum Gasteiger partial charge on any atom is 0.263 e. The van der Waals surface area contributed by atoms with Gasteiger partial charge in [-0.3, -0.25) is 14.2 Å². The van der Waals surface area contributed by atoms with Crippen molar-refractivity contribution in [2.45, 2.75) is 23.5 Å². The van der Waals surface area contributed by atoms with E-state index in [2.05, 4.69) is 4.90 Å². The van der Waals surface area contributed by atoms with E-state index in [4.69, 9.17) is 11.6 Å². The first-order valence-corrected chi connectivity index (χ1v) is 14.2. The fourth-order valence-corrected chi connectivity index (χ4v) is 7.29. The number of pyridine rings is 1. The van der Waals surface area contributed by atoms with E-state index >= 15 is 4.39 Å². The second-order valence-electron chi connectivity index (χ2n) is 8.78. The van der Waals surface area contributed by atoms with Gasteiger partial charge in [0.15, 0.2) is 15.6 Å². The summed E-state index contributed by atoms with van der Waals surface area (Å²) in [5.41, 5.74) is 1.11. The van der Waals surface area contributed by atoms with Crippen molar-refractivity contribution in [3.8, 4) is 5.69 Å². The molecule has 4 aromatic rings. The first kappa shape index (κ1) is 24.7. The van der Waals surface area contributed by atoms with Gasteiger partial charge in [0.05, 0.1) is 10.0 Å². The van der Waals surface area contributed by atoms with Crippen molar-refractivity contribution in [3.63, 3.8) is 0 Å². The molecule has 3 heterocycles. The van der Waals surface area contributed by atoms with Gasteiger partial charge in [-0.05, 0) is 72.3 Å². The van der Waals surface area contributed by atoms with Crippen LogP contribution in [0.5, 0.6) is 0 Å². The zero-order valence-electron chi connectivity index (χ0n) is 19.1. The molecule has 0 saturated carbocycles. The SMILES string of the molecule is O=C(Cc1ccc(-n2ccc3cc(N4CCCC4)ccc3c2=O)c(F)c1)CS(=O)(=O)c1ccc(Cl)s1. The molecule has 0 unspecified atom stereocenters. The number of thiophene rings is 1. The highest BCUT2D eigenvalue weighted by Gasteiger charge is 2.22. The van der Waals surface area contributed by atoms with Gasteiger partial charge in [-0.2, -0.15) is 0 Å². The van der Waals surface area contributed by atoms with Crippen LogP contribution in [0.15, 0.2) is 69.8 Å². The van der Waals surface area contributed by atoms with E-state index < -0.39 is 27.2 Å². The normalized spacial score (nSPS) is 14.0. The number of hydrogen-bond donors (Lipinski definition) is 0. The Kier molecular flexibility index (Phi) is 6.72. The molecule has 36 heavy (non-hydrogen) atoms. The predicted molar refractivity (Wildman–Crippen MR) is 141 cm³/mol. The van der Waals surface area contributed by atoms with E-state index in [-0.39, 0.29) is 21.9 Å². The Labute approximate surface area is 216 Å². The number of halogens is 2. The lowest BCUT2D eigenvalue weighted by molar-refractivity contribution is -0.116. The Morgan fingerprint density at radius 2 is 1.81 bits per heavy atom. The van der Waals surface area contributed by atoms with E-state index in [1.54, 1.807) is 18.3 Å². The molecule has 1 fully saturated rings. The van der Waals surface area contributed by atoms with E-state index in [1.165, 1.54) is 28.8 Å². The zero-order chi connectivity index (χ0) is 25.4.